The topological polar surface area (TPSA) is 41.6 Å². The van der Waals surface area contributed by atoms with Crippen LogP contribution in [-0.2, 0) is 11.3 Å². The van der Waals surface area contributed by atoms with Gasteiger partial charge in [0.25, 0.3) is 5.91 Å². The molecular formula is C15H22Br2N2O2. The molecule has 0 radical (unpaired) electrons. The summed E-state index contributed by atoms with van der Waals surface area (Å²) in [6, 6.07) is 4.16. The van der Waals surface area contributed by atoms with Crippen molar-refractivity contribution in [1.82, 2.24) is 10.2 Å². The molecule has 0 unspecified atom stereocenters. The molecule has 4 nitrogen and oxygen atoms in total. The number of rotatable bonds is 7. The maximum absolute atomic E-state index is 11.9. The lowest BCUT2D eigenvalue weighted by Crippen LogP contribution is -2.36. The minimum Gasteiger partial charge on any atom is -0.481 e. The zero-order chi connectivity index (χ0) is 16.0. The van der Waals surface area contributed by atoms with Crippen molar-refractivity contribution in [3.63, 3.8) is 0 Å². The molecule has 0 heterocycles. The quantitative estimate of drug-likeness (QED) is 0.731. The summed E-state index contributed by atoms with van der Waals surface area (Å²) in [5.41, 5.74) is 1.15. The van der Waals surface area contributed by atoms with Gasteiger partial charge in [0.1, 0.15) is 5.75 Å². The second-order valence-electron chi connectivity index (χ2n) is 5.06. The number of ether oxygens (including phenoxy) is 1. The van der Waals surface area contributed by atoms with Gasteiger partial charge in [-0.2, -0.15) is 0 Å². The summed E-state index contributed by atoms with van der Waals surface area (Å²) in [6.07, 6.45) is 0. The number of nitrogens with zero attached hydrogens (tertiary/aromatic N) is 1. The largest absolute Gasteiger partial charge is 0.481 e. The molecule has 0 aliphatic rings. The van der Waals surface area contributed by atoms with Gasteiger partial charge in [0, 0.05) is 19.6 Å². The predicted molar refractivity (Wildman–Crippen MR) is 92.6 cm³/mol. The van der Waals surface area contributed by atoms with Gasteiger partial charge in [-0.1, -0.05) is 6.92 Å². The fourth-order valence-electron chi connectivity index (χ4n) is 1.65. The molecule has 0 bridgehead atoms. The highest BCUT2D eigenvalue weighted by Crippen LogP contribution is 2.34. The van der Waals surface area contributed by atoms with Gasteiger partial charge >= 0.3 is 0 Å². The van der Waals surface area contributed by atoms with Gasteiger partial charge in [-0.05, 0) is 69.9 Å². The van der Waals surface area contributed by atoms with E-state index in [0.717, 1.165) is 27.6 Å². The van der Waals surface area contributed by atoms with Crippen molar-refractivity contribution in [2.75, 3.05) is 20.2 Å². The first-order chi connectivity index (χ1) is 9.86. The fraction of sp³-hybridized carbons (Fsp3) is 0.533. The van der Waals surface area contributed by atoms with E-state index < -0.39 is 0 Å². The Morgan fingerprint density at radius 3 is 2.38 bits per heavy atom. The SMILES string of the molecule is CCNCc1cc(Br)c(OCC(=O)N(C)C(C)C)c(Br)c1. The van der Waals surface area contributed by atoms with E-state index in [-0.39, 0.29) is 18.6 Å². The van der Waals surface area contributed by atoms with Crippen molar-refractivity contribution in [2.24, 2.45) is 0 Å². The number of nitrogens with one attached hydrogen (secondary N) is 1. The molecule has 1 rings (SSSR count). The standard InChI is InChI=1S/C15H22Br2N2O2/c1-5-18-8-11-6-12(16)15(13(17)7-11)21-9-14(20)19(4)10(2)3/h6-7,10,18H,5,8-9H2,1-4H3. The molecule has 0 fully saturated rings. The monoisotopic (exact) mass is 420 g/mol. The van der Waals surface area contributed by atoms with E-state index >= 15 is 0 Å². The molecule has 0 aromatic heterocycles. The molecule has 0 aliphatic heterocycles. The number of carbonyl (C=O) groups is 1. The van der Waals surface area contributed by atoms with E-state index in [1.165, 1.54) is 0 Å². The van der Waals surface area contributed by atoms with Crippen molar-refractivity contribution >= 4 is 37.8 Å². The van der Waals surface area contributed by atoms with Crippen LogP contribution in [0, 0.1) is 0 Å². The number of hydrogen-bond acceptors (Lipinski definition) is 3. The van der Waals surface area contributed by atoms with Crippen molar-refractivity contribution < 1.29 is 9.53 Å². The van der Waals surface area contributed by atoms with Crippen LogP contribution in [0.2, 0.25) is 0 Å². The highest BCUT2D eigenvalue weighted by atomic mass is 79.9. The third-order valence-corrected chi connectivity index (χ3v) is 4.32. The van der Waals surface area contributed by atoms with Crippen LogP contribution in [0.3, 0.4) is 0 Å². The fourth-order valence-corrected chi connectivity index (χ4v) is 3.16. The molecule has 0 saturated carbocycles. The summed E-state index contributed by atoms with van der Waals surface area (Å²) in [5.74, 6) is 0.612. The Balaban J connectivity index is 2.74. The Hall–Kier alpha value is -0.590. The Morgan fingerprint density at radius 2 is 1.90 bits per heavy atom. The van der Waals surface area contributed by atoms with Gasteiger partial charge in [-0.25, -0.2) is 0 Å². The summed E-state index contributed by atoms with van der Waals surface area (Å²) in [4.78, 5) is 13.6. The summed E-state index contributed by atoms with van der Waals surface area (Å²) >= 11 is 7.00. The number of hydrogen-bond donors (Lipinski definition) is 1. The van der Waals surface area contributed by atoms with E-state index in [0.29, 0.717) is 5.75 Å². The van der Waals surface area contributed by atoms with Crippen LogP contribution in [0.1, 0.15) is 26.3 Å². The van der Waals surface area contributed by atoms with E-state index in [4.69, 9.17) is 4.74 Å². The number of likely N-dealkylation sites (N-methyl/N-ethyl adjacent to an activating group) is 1. The summed E-state index contributed by atoms with van der Waals surface area (Å²) in [7, 11) is 1.78. The number of halogens is 2. The molecule has 6 heteroatoms. The molecule has 0 aliphatic carbocycles. The van der Waals surface area contributed by atoms with Gasteiger partial charge in [0.2, 0.25) is 0 Å². The Morgan fingerprint density at radius 1 is 1.33 bits per heavy atom. The highest BCUT2D eigenvalue weighted by Gasteiger charge is 2.15. The molecule has 0 saturated heterocycles. The zero-order valence-electron chi connectivity index (χ0n) is 12.9. The number of benzene rings is 1. The van der Waals surface area contributed by atoms with Gasteiger partial charge in [0.05, 0.1) is 8.95 Å². The average molecular weight is 422 g/mol. The maximum Gasteiger partial charge on any atom is 0.260 e. The third-order valence-electron chi connectivity index (χ3n) is 3.15. The second-order valence-corrected chi connectivity index (χ2v) is 6.76. The minimum absolute atomic E-state index is 0.0262. The van der Waals surface area contributed by atoms with E-state index in [1.807, 2.05) is 26.0 Å². The van der Waals surface area contributed by atoms with Crippen molar-refractivity contribution in [1.29, 1.82) is 0 Å². The first kappa shape index (κ1) is 18.5. The number of carbonyl (C=O) groups excluding carboxylic acids is 1. The molecule has 0 spiro atoms. The van der Waals surface area contributed by atoms with Crippen molar-refractivity contribution in [2.45, 2.75) is 33.4 Å². The van der Waals surface area contributed by atoms with Gasteiger partial charge in [-0.15, -0.1) is 0 Å². The third kappa shape index (κ3) is 5.60. The second kappa shape index (κ2) is 8.76. The van der Waals surface area contributed by atoms with Crippen LogP contribution in [0.25, 0.3) is 0 Å². The van der Waals surface area contributed by atoms with Crippen LogP contribution >= 0.6 is 31.9 Å². The first-order valence-electron chi connectivity index (χ1n) is 6.93. The Kier molecular flexibility index (Phi) is 7.70. The maximum atomic E-state index is 11.9. The molecule has 21 heavy (non-hydrogen) atoms. The van der Waals surface area contributed by atoms with Gasteiger partial charge in [0.15, 0.2) is 6.61 Å². The van der Waals surface area contributed by atoms with Crippen LogP contribution in [-0.4, -0.2) is 37.0 Å². The molecule has 0 atom stereocenters. The summed E-state index contributed by atoms with van der Waals surface area (Å²) in [6.45, 7) is 7.75. The van der Waals surface area contributed by atoms with Crippen LogP contribution < -0.4 is 10.1 Å². The average Bonchev–Trinajstić information content (AvgIpc) is 2.42. The van der Waals surface area contributed by atoms with Crippen LogP contribution in [0.5, 0.6) is 5.75 Å². The molecule has 1 amide bonds. The Bertz CT molecular complexity index is 470. The first-order valence-corrected chi connectivity index (χ1v) is 8.52. The van der Waals surface area contributed by atoms with Crippen LogP contribution in [0.4, 0.5) is 0 Å². The van der Waals surface area contributed by atoms with E-state index in [2.05, 4.69) is 44.1 Å². The zero-order valence-corrected chi connectivity index (χ0v) is 16.0. The normalized spacial score (nSPS) is 10.8. The minimum atomic E-state index is -0.0412. The molecule has 1 aromatic rings. The number of amides is 1. The lowest BCUT2D eigenvalue weighted by atomic mass is 10.2. The smallest absolute Gasteiger partial charge is 0.260 e. The molecule has 1 aromatic carbocycles. The highest BCUT2D eigenvalue weighted by molar-refractivity contribution is 9.11. The summed E-state index contributed by atoms with van der Waals surface area (Å²) in [5, 5.41) is 3.27. The molecule has 1 N–H and O–H groups in total. The lowest BCUT2D eigenvalue weighted by Gasteiger charge is -2.22. The van der Waals surface area contributed by atoms with Gasteiger partial charge < -0.3 is 15.0 Å². The predicted octanol–water partition coefficient (Wildman–Crippen LogP) is 3.57. The van der Waals surface area contributed by atoms with Crippen molar-refractivity contribution in [3.05, 3.63) is 26.6 Å². The van der Waals surface area contributed by atoms with E-state index in [1.54, 1.807) is 11.9 Å². The van der Waals surface area contributed by atoms with E-state index in [9.17, 15) is 4.79 Å². The van der Waals surface area contributed by atoms with Crippen LogP contribution in [0.15, 0.2) is 21.1 Å². The Labute approximate surface area is 143 Å². The van der Waals surface area contributed by atoms with Gasteiger partial charge in [-0.3, -0.25) is 4.79 Å². The van der Waals surface area contributed by atoms with Crippen molar-refractivity contribution in [3.8, 4) is 5.75 Å². The molecule has 118 valence electrons. The molecular weight excluding hydrogens is 400 g/mol. The lowest BCUT2D eigenvalue weighted by molar-refractivity contribution is -0.133. The summed E-state index contributed by atoms with van der Waals surface area (Å²) < 4.78 is 7.33.